The van der Waals surface area contributed by atoms with Gasteiger partial charge in [-0.15, -0.1) is 0 Å². The molecule has 136 valence electrons. The van der Waals surface area contributed by atoms with E-state index in [1.807, 2.05) is 18.2 Å². The van der Waals surface area contributed by atoms with E-state index < -0.39 is 23.6 Å². The van der Waals surface area contributed by atoms with Crippen LogP contribution in [0.5, 0.6) is 0 Å². The largest absolute Gasteiger partial charge is 0.337 e. The van der Waals surface area contributed by atoms with Crippen LogP contribution < -0.4 is 5.73 Å². The minimum Gasteiger partial charge on any atom is -0.337 e. The van der Waals surface area contributed by atoms with Crippen LogP contribution in [0.3, 0.4) is 0 Å². The number of nitrogens with zero attached hydrogens (tertiary/aromatic N) is 2. The highest BCUT2D eigenvalue weighted by Gasteiger charge is 2.29. The number of halogens is 2. The van der Waals surface area contributed by atoms with Crippen LogP contribution in [0.2, 0.25) is 0 Å². The number of hydrogen-bond donors (Lipinski definition) is 1. The highest BCUT2D eigenvalue weighted by molar-refractivity contribution is 5.94. The maximum Gasteiger partial charge on any atom is 0.256 e. The lowest BCUT2D eigenvalue weighted by Gasteiger charge is -2.36. The maximum atomic E-state index is 13.8. The van der Waals surface area contributed by atoms with E-state index in [1.165, 1.54) is 4.90 Å². The smallest absolute Gasteiger partial charge is 0.256 e. The van der Waals surface area contributed by atoms with Crippen molar-refractivity contribution in [2.45, 2.75) is 6.04 Å². The summed E-state index contributed by atoms with van der Waals surface area (Å²) in [6.07, 6.45) is 0. The average molecular weight is 359 g/mol. The fourth-order valence-corrected chi connectivity index (χ4v) is 2.96. The third-order valence-corrected chi connectivity index (χ3v) is 4.46. The standard InChI is InChI=1S/C19H19F2N3O2/c20-14-6-7-15(16(21)12-14)18(25)23-8-10-24(11-9-23)19(26)17(22)13-4-2-1-3-5-13/h1-7,12,17H,8-11,22H2. The predicted octanol–water partition coefficient (Wildman–Crippen LogP) is 1.95. The number of benzene rings is 2. The highest BCUT2D eigenvalue weighted by atomic mass is 19.1. The van der Waals surface area contributed by atoms with E-state index in [9.17, 15) is 18.4 Å². The predicted molar refractivity (Wildman–Crippen MR) is 92.2 cm³/mol. The van der Waals surface area contributed by atoms with Crippen LogP contribution >= 0.6 is 0 Å². The summed E-state index contributed by atoms with van der Waals surface area (Å²) in [5.41, 5.74) is 6.58. The molecule has 1 aliphatic rings. The monoisotopic (exact) mass is 359 g/mol. The molecule has 1 fully saturated rings. The van der Waals surface area contributed by atoms with Gasteiger partial charge in [-0.05, 0) is 17.7 Å². The molecule has 0 radical (unpaired) electrons. The summed E-state index contributed by atoms with van der Waals surface area (Å²) in [4.78, 5) is 28.0. The first-order valence-corrected chi connectivity index (χ1v) is 8.31. The van der Waals surface area contributed by atoms with E-state index in [0.29, 0.717) is 19.2 Å². The van der Waals surface area contributed by atoms with Crippen LogP contribution in [0.15, 0.2) is 48.5 Å². The van der Waals surface area contributed by atoms with E-state index in [4.69, 9.17) is 5.73 Å². The van der Waals surface area contributed by atoms with Gasteiger partial charge >= 0.3 is 0 Å². The van der Waals surface area contributed by atoms with E-state index >= 15 is 0 Å². The van der Waals surface area contributed by atoms with Crippen LogP contribution in [0.4, 0.5) is 8.78 Å². The SMILES string of the molecule is NC(C(=O)N1CCN(C(=O)c2ccc(F)cc2F)CC1)c1ccccc1. The Hall–Kier alpha value is -2.80. The van der Waals surface area contributed by atoms with Gasteiger partial charge in [0.1, 0.15) is 17.7 Å². The molecule has 5 nitrogen and oxygen atoms in total. The van der Waals surface area contributed by atoms with Crippen molar-refractivity contribution in [3.8, 4) is 0 Å². The van der Waals surface area contributed by atoms with E-state index in [2.05, 4.69) is 0 Å². The normalized spacial score (nSPS) is 15.7. The molecular formula is C19H19F2N3O2. The summed E-state index contributed by atoms with van der Waals surface area (Å²) in [6.45, 7) is 1.16. The minimum absolute atomic E-state index is 0.174. The molecule has 1 heterocycles. The third kappa shape index (κ3) is 3.72. The van der Waals surface area contributed by atoms with Gasteiger partial charge in [-0.1, -0.05) is 30.3 Å². The van der Waals surface area contributed by atoms with Crippen LogP contribution in [0, 0.1) is 11.6 Å². The minimum atomic E-state index is -0.889. The Morgan fingerprint density at radius 3 is 2.15 bits per heavy atom. The fourth-order valence-electron chi connectivity index (χ4n) is 2.96. The lowest BCUT2D eigenvalue weighted by Crippen LogP contribution is -2.52. The molecule has 1 unspecified atom stereocenters. The van der Waals surface area contributed by atoms with Gasteiger partial charge < -0.3 is 15.5 Å². The maximum absolute atomic E-state index is 13.8. The molecular weight excluding hydrogens is 340 g/mol. The summed E-state index contributed by atoms with van der Waals surface area (Å²) in [7, 11) is 0. The van der Waals surface area contributed by atoms with Gasteiger partial charge in [-0.2, -0.15) is 0 Å². The fraction of sp³-hybridized carbons (Fsp3) is 0.263. The number of piperazine rings is 1. The van der Waals surface area contributed by atoms with Crippen LogP contribution in [0.1, 0.15) is 22.0 Å². The second kappa shape index (κ2) is 7.61. The van der Waals surface area contributed by atoms with Crippen LogP contribution in [-0.2, 0) is 4.79 Å². The Labute approximate surface area is 150 Å². The molecule has 2 aromatic rings. The van der Waals surface area contributed by atoms with Crippen molar-refractivity contribution in [3.05, 3.63) is 71.3 Å². The molecule has 0 saturated carbocycles. The quantitative estimate of drug-likeness (QED) is 0.911. The lowest BCUT2D eigenvalue weighted by atomic mass is 10.1. The summed E-state index contributed by atoms with van der Waals surface area (Å²) < 4.78 is 26.8. The highest BCUT2D eigenvalue weighted by Crippen LogP contribution is 2.17. The number of amides is 2. The molecule has 1 aliphatic heterocycles. The molecule has 0 spiro atoms. The molecule has 26 heavy (non-hydrogen) atoms. The van der Waals surface area contributed by atoms with E-state index in [0.717, 1.165) is 17.7 Å². The lowest BCUT2D eigenvalue weighted by molar-refractivity contribution is -0.134. The number of hydrogen-bond acceptors (Lipinski definition) is 3. The zero-order valence-electron chi connectivity index (χ0n) is 14.1. The van der Waals surface area contributed by atoms with E-state index in [-0.39, 0.29) is 24.6 Å². The first kappa shape index (κ1) is 18.0. The Morgan fingerprint density at radius 2 is 1.54 bits per heavy atom. The second-order valence-electron chi connectivity index (χ2n) is 6.13. The van der Waals surface area contributed by atoms with Crippen LogP contribution in [0.25, 0.3) is 0 Å². The number of carbonyl (C=O) groups excluding carboxylic acids is 2. The molecule has 0 bridgehead atoms. The Morgan fingerprint density at radius 1 is 0.923 bits per heavy atom. The number of nitrogens with two attached hydrogens (primary N) is 1. The molecule has 1 saturated heterocycles. The third-order valence-electron chi connectivity index (χ3n) is 4.46. The molecule has 1 atom stereocenters. The van der Waals surface area contributed by atoms with Gasteiger partial charge in [0.25, 0.3) is 5.91 Å². The van der Waals surface area contributed by atoms with Crippen molar-refractivity contribution in [2.75, 3.05) is 26.2 Å². The van der Waals surface area contributed by atoms with Gasteiger partial charge in [0.2, 0.25) is 5.91 Å². The van der Waals surface area contributed by atoms with Gasteiger partial charge in [-0.3, -0.25) is 9.59 Å². The topological polar surface area (TPSA) is 66.6 Å². The van der Waals surface area contributed by atoms with Gasteiger partial charge in [-0.25, -0.2) is 8.78 Å². The molecule has 2 N–H and O–H groups in total. The number of carbonyl (C=O) groups is 2. The Balaban J connectivity index is 1.62. The molecule has 0 aliphatic carbocycles. The Kier molecular flexibility index (Phi) is 5.27. The van der Waals surface area contributed by atoms with Gasteiger partial charge in [0, 0.05) is 32.2 Å². The summed E-state index contributed by atoms with van der Waals surface area (Å²) >= 11 is 0. The molecule has 2 amide bonds. The first-order chi connectivity index (χ1) is 12.5. The van der Waals surface area contributed by atoms with Crippen molar-refractivity contribution in [1.29, 1.82) is 0 Å². The van der Waals surface area contributed by atoms with Crippen LogP contribution in [-0.4, -0.2) is 47.8 Å². The zero-order valence-corrected chi connectivity index (χ0v) is 14.1. The Bertz CT molecular complexity index is 806. The van der Waals surface area contributed by atoms with Crippen molar-refractivity contribution >= 4 is 11.8 Å². The number of rotatable bonds is 3. The van der Waals surface area contributed by atoms with Gasteiger partial charge in [0.05, 0.1) is 5.56 Å². The summed E-state index contributed by atoms with van der Waals surface area (Å²) in [6, 6.07) is 11.2. The second-order valence-corrected chi connectivity index (χ2v) is 6.13. The summed E-state index contributed by atoms with van der Waals surface area (Å²) in [5.74, 6) is -2.35. The zero-order chi connectivity index (χ0) is 18.7. The summed E-state index contributed by atoms with van der Waals surface area (Å²) in [5, 5.41) is 0. The molecule has 2 aromatic carbocycles. The average Bonchev–Trinajstić information content (AvgIpc) is 2.67. The molecule has 0 aromatic heterocycles. The van der Waals surface area contributed by atoms with Crippen molar-refractivity contribution < 1.29 is 18.4 Å². The van der Waals surface area contributed by atoms with Crippen molar-refractivity contribution in [1.82, 2.24) is 9.80 Å². The first-order valence-electron chi connectivity index (χ1n) is 8.31. The van der Waals surface area contributed by atoms with Crippen molar-refractivity contribution in [3.63, 3.8) is 0 Å². The van der Waals surface area contributed by atoms with E-state index in [1.54, 1.807) is 17.0 Å². The molecule has 3 rings (SSSR count). The van der Waals surface area contributed by atoms with Crippen molar-refractivity contribution in [2.24, 2.45) is 5.73 Å². The van der Waals surface area contributed by atoms with Gasteiger partial charge in [0.15, 0.2) is 0 Å². The molecule has 7 heteroatoms.